The van der Waals surface area contributed by atoms with Crippen LogP contribution in [0.5, 0.6) is 0 Å². The van der Waals surface area contributed by atoms with Crippen LogP contribution in [0, 0.1) is 11.7 Å². The van der Waals surface area contributed by atoms with Gasteiger partial charge in [-0.1, -0.05) is 24.3 Å². The Labute approximate surface area is 161 Å². The third kappa shape index (κ3) is 5.95. The minimum atomic E-state index is -4.43. The predicted molar refractivity (Wildman–Crippen MR) is 96.6 cm³/mol. The fourth-order valence-electron chi connectivity index (χ4n) is 3.13. The van der Waals surface area contributed by atoms with Crippen molar-refractivity contribution in [1.29, 1.82) is 0 Å². The number of hydrogen-bond donors (Lipinski definition) is 1. The molecule has 1 aliphatic heterocycles. The fourth-order valence-corrected chi connectivity index (χ4v) is 3.65. The molecule has 1 fully saturated rings. The van der Waals surface area contributed by atoms with Crippen LogP contribution < -0.4 is 5.32 Å². The molecule has 10 heteroatoms. The standard InChI is InChI=1S/C18H22F4N2O3S/c1-12(8-10-28(2,26)27)23-17(25)24-9-7-13(18(20,21)22)11-16(24)14-5-3-4-6-15(14)19/h3-6,8,10,12-13,16H,7,9,11H2,1-2H3,(H,23,25)/b10-8+/t12?,13-,16+/m0/s1. The minimum Gasteiger partial charge on any atom is -0.332 e. The number of nitrogens with zero attached hydrogens (tertiary/aromatic N) is 1. The van der Waals surface area contributed by atoms with E-state index in [1.807, 2.05) is 0 Å². The molecule has 1 heterocycles. The van der Waals surface area contributed by atoms with E-state index in [-0.39, 0.29) is 18.5 Å². The van der Waals surface area contributed by atoms with E-state index in [1.165, 1.54) is 36.1 Å². The molecule has 28 heavy (non-hydrogen) atoms. The zero-order valence-corrected chi connectivity index (χ0v) is 16.2. The van der Waals surface area contributed by atoms with Gasteiger partial charge in [-0.05, 0) is 25.8 Å². The average molecular weight is 422 g/mol. The molecule has 0 aromatic heterocycles. The molecule has 2 rings (SSSR count). The highest BCUT2D eigenvalue weighted by atomic mass is 32.2. The van der Waals surface area contributed by atoms with Crippen LogP contribution in [0.2, 0.25) is 0 Å². The normalized spacial score (nSPS) is 22.3. The molecule has 156 valence electrons. The Morgan fingerprint density at radius 2 is 1.96 bits per heavy atom. The van der Waals surface area contributed by atoms with E-state index >= 15 is 0 Å². The van der Waals surface area contributed by atoms with Crippen molar-refractivity contribution in [3.05, 3.63) is 47.1 Å². The van der Waals surface area contributed by atoms with Gasteiger partial charge in [0.1, 0.15) is 5.82 Å². The second-order valence-corrected chi connectivity index (χ2v) is 8.82. The Morgan fingerprint density at radius 1 is 1.32 bits per heavy atom. The van der Waals surface area contributed by atoms with Gasteiger partial charge in [0.2, 0.25) is 0 Å². The van der Waals surface area contributed by atoms with Gasteiger partial charge < -0.3 is 10.2 Å². The summed E-state index contributed by atoms with van der Waals surface area (Å²) in [7, 11) is -3.38. The van der Waals surface area contributed by atoms with Gasteiger partial charge in [0, 0.05) is 29.8 Å². The van der Waals surface area contributed by atoms with Crippen molar-refractivity contribution in [2.75, 3.05) is 12.8 Å². The maximum Gasteiger partial charge on any atom is 0.391 e. The van der Waals surface area contributed by atoms with E-state index in [9.17, 15) is 30.8 Å². The molecule has 1 unspecified atom stereocenters. The summed E-state index contributed by atoms with van der Waals surface area (Å²) < 4.78 is 76.2. The van der Waals surface area contributed by atoms with Crippen LogP contribution in [0.15, 0.2) is 35.7 Å². The summed E-state index contributed by atoms with van der Waals surface area (Å²) in [5.74, 6) is -2.32. The van der Waals surface area contributed by atoms with Gasteiger partial charge in [-0.3, -0.25) is 0 Å². The van der Waals surface area contributed by atoms with Crippen molar-refractivity contribution < 1.29 is 30.8 Å². The molecule has 3 atom stereocenters. The van der Waals surface area contributed by atoms with Crippen LogP contribution in [-0.4, -0.2) is 44.4 Å². The van der Waals surface area contributed by atoms with E-state index < -0.39 is 52.3 Å². The Balaban J connectivity index is 2.24. The summed E-state index contributed by atoms with van der Waals surface area (Å²) in [6, 6.07) is 3.00. The third-order valence-corrected chi connectivity index (χ3v) is 5.21. The number of piperidine rings is 1. The van der Waals surface area contributed by atoms with Crippen LogP contribution in [0.25, 0.3) is 0 Å². The summed E-state index contributed by atoms with van der Waals surface area (Å²) in [6.45, 7) is 1.33. The van der Waals surface area contributed by atoms with Crippen molar-refractivity contribution in [1.82, 2.24) is 10.2 Å². The van der Waals surface area contributed by atoms with E-state index in [0.29, 0.717) is 0 Å². The number of likely N-dealkylation sites (tertiary alicyclic amines) is 1. The lowest BCUT2D eigenvalue weighted by Crippen LogP contribution is -2.50. The molecule has 2 amide bonds. The number of alkyl halides is 3. The van der Waals surface area contributed by atoms with E-state index in [0.717, 1.165) is 17.7 Å². The lowest BCUT2D eigenvalue weighted by Gasteiger charge is -2.40. The number of halogens is 4. The lowest BCUT2D eigenvalue weighted by atomic mass is 9.86. The molecule has 1 saturated heterocycles. The van der Waals surface area contributed by atoms with E-state index in [1.54, 1.807) is 0 Å². The number of nitrogens with one attached hydrogen (secondary N) is 1. The number of hydrogen-bond acceptors (Lipinski definition) is 3. The number of sulfone groups is 1. The summed E-state index contributed by atoms with van der Waals surface area (Å²) in [4.78, 5) is 13.8. The van der Waals surface area contributed by atoms with Gasteiger partial charge in [-0.15, -0.1) is 0 Å². The smallest absolute Gasteiger partial charge is 0.332 e. The van der Waals surface area contributed by atoms with E-state index in [2.05, 4.69) is 5.32 Å². The Morgan fingerprint density at radius 3 is 2.54 bits per heavy atom. The van der Waals surface area contributed by atoms with Gasteiger partial charge in [-0.25, -0.2) is 17.6 Å². The Hall–Kier alpha value is -2.10. The van der Waals surface area contributed by atoms with Crippen LogP contribution in [0.1, 0.15) is 31.4 Å². The highest BCUT2D eigenvalue weighted by Crippen LogP contribution is 2.42. The van der Waals surface area contributed by atoms with E-state index in [4.69, 9.17) is 0 Å². The highest BCUT2D eigenvalue weighted by molar-refractivity contribution is 7.93. The van der Waals surface area contributed by atoms with Gasteiger partial charge in [0.05, 0.1) is 12.0 Å². The second-order valence-electron chi connectivity index (χ2n) is 6.89. The maximum atomic E-state index is 14.2. The molecule has 1 aromatic carbocycles. The topological polar surface area (TPSA) is 66.5 Å². The molecule has 1 aliphatic rings. The predicted octanol–water partition coefficient (Wildman–Crippen LogP) is 3.80. The second kappa shape index (κ2) is 8.50. The van der Waals surface area contributed by atoms with Crippen molar-refractivity contribution in [2.45, 2.75) is 38.0 Å². The van der Waals surface area contributed by atoms with Gasteiger partial charge in [-0.2, -0.15) is 13.2 Å². The third-order valence-electron chi connectivity index (χ3n) is 4.56. The first-order chi connectivity index (χ1) is 12.9. The molecular weight excluding hydrogens is 400 g/mol. The molecule has 0 bridgehead atoms. The minimum absolute atomic E-state index is 0.0194. The summed E-state index contributed by atoms with van der Waals surface area (Å²) in [6.07, 6.45) is -2.90. The van der Waals surface area contributed by atoms with Crippen LogP contribution in [-0.2, 0) is 9.84 Å². The number of amides is 2. The monoisotopic (exact) mass is 422 g/mol. The Kier molecular flexibility index (Phi) is 6.74. The number of benzene rings is 1. The lowest BCUT2D eigenvalue weighted by molar-refractivity contribution is -0.188. The molecule has 0 spiro atoms. The number of urea groups is 1. The number of carbonyl (C=O) groups is 1. The summed E-state index contributed by atoms with van der Waals surface area (Å²) in [5, 5.41) is 3.46. The molecule has 0 radical (unpaired) electrons. The largest absolute Gasteiger partial charge is 0.391 e. The van der Waals surface area contributed by atoms with Gasteiger partial charge in [0.15, 0.2) is 9.84 Å². The van der Waals surface area contributed by atoms with Gasteiger partial charge in [0.25, 0.3) is 0 Å². The molecule has 1 N–H and O–H groups in total. The van der Waals surface area contributed by atoms with Crippen molar-refractivity contribution in [2.24, 2.45) is 5.92 Å². The number of carbonyl (C=O) groups excluding carboxylic acids is 1. The molecule has 0 aliphatic carbocycles. The zero-order valence-electron chi connectivity index (χ0n) is 15.4. The van der Waals surface area contributed by atoms with Crippen molar-refractivity contribution in [3.8, 4) is 0 Å². The quantitative estimate of drug-likeness (QED) is 0.751. The van der Waals surface area contributed by atoms with Crippen LogP contribution in [0.4, 0.5) is 22.4 Å². The first kappa shape index (κ1) is 22.2. The molecular formula is C18H22F4N2O3S. The SMILES string of the molecule is CC(/C=C/S(C)(=O)=O)NC(=O)N1CC[C@H](C(F)(F)F)C[C@@H]1c1ccccc1F. The zero-order chi connectivity index (χ0) is 21.1. The molecule has 5 nitrogen and oxygen atoms in total. The van der Waals surface area contributed by atoms with Crippen LogP contribution >= 0.6 is 0 Å². The average Bonchev–Trinajstić information content (AvgIpc) is 2.58. The first-order valence-corrected chi connectivity index (χ1v) is 10.6. The fraction of sp³-hybridized carbons (Fsp3) is 0.500. The first-order valence-electron chi connectivity index (χ1n) is 8.65. The maximum absolute atomic E-state index is 14.2. The van der Waals surface area contributed by atoms with Crippen LogP contribution in [0.3, 0.4) is 0 Å². The molecule has 1 aromatic rings. The Bertz CT molecular complexity index is 839. The van der Waals surface area contributed by atoms with Crippen molar-refractivity contribution >= 4 is 15.9 Å². The van der Waals surface area contributed by atoms with Crippen molar-refractivity contribution in [3.63, 3.8) is 0 Å². The summed E-state index contributed by atoms with van der Waals surface area (Å²) in [5.41, 5.74) is 0.0194. The highest BCUT2D eigenvalue weighted by Gasteiger charge is 2.46. The van der Waals surface area contributed by atoms with Gasteiger partial charge >= 0.3 is 12.2 Å². The summed E-state index contributed by atoms with van der Waals surface area (Å²) >= 11 is 0. The molecule has 0 saturated carbocycles. The number of rotatable bonds is 4.